The fourth-order valence-electron chi connectivity index (χ4n) is 9.69. The summed E-state index contributed by atoms with van der Waals surface area (Å²) in [6.45, 7) is 15.0. The maximum atomic E-state index is 11.8. The zero-order valence-corrected chi connectivity index (χ0v) is 28.3. The van der Waals surface area contributed by atoms with Gasteiger partial charge in [-0.3, -0.25) is 8.98 Å². The van der Waals surface area contributed by atoms with Crippen LogP contribution in [0.15, 0.2) is 11.6 Å². The molecule has 1 N–H and O–H groups in total. The molecule has 5 rings (SSSR count). The molecule has 1 aliphatic heterocycles. The minimum atomic E-state index is -5.07. The van der Waals surface area contributed by atoms with Crippen LogP contribution in [0.4, 0.5) is 0 Å². The predicted molar refractivity (Wildman–Crippen MR) is 144 cm³/mol. The molecule has 13 atom stereocenters. The molecule has 0 amide bonds. The molecule has 0 aromatic rings. The maximum Gasteiger partial charge on any atom is 1.00 e. The minimum Gasteiger partial charge on any atom is -0.726 e. The number of carbonyl (C=O) groups excluding carboxylic acids is 1. The Kier molecular flexibility index (Phi) is 9.45. The third-order valence-electron chi connectivity index (χ3n) is 12.0. The van der Waals surface area contributed by atoms with E-state index in [4.69, 9.17) is 13.7 Å². The minimum absolute atomic E-state index is 0. The van der Waals surface area contributed by atoms with Gasteiger partial charge >= 0.3 is 35.5 Å². The van der Waals surface area contributed by atoms with Crippen molar-refractivity contribution in [2.24, 2.45) is 52.3 Å². The topological polar surface area (TPSA) is 125 Å². The first-order valence-electron chi connectivity index (χ1n) is 14.9. The normalized spacial score (nSPS) is 45.8. The van der Waals surface area contributed by atoms with Crippen molar-refractivity contribution in [3.8, 4) is 0 Å². The van der Waals surface area contributed by atoms with Crippen LogP contribution in [0, 0.1) is 52.3 Å². The third kappa shape index (κ3) is 5.64. The van der Waals surface area contributed by atoms with E-state index in [-0.39, 0.29) is 46.8 Å². The first-order valence-corrected chi connectivity index (χ1v) is 16.3. The van der Waals surface area contributed by atoms with E-state index in [1.165, 1.54) is 18.9 Å². The monoisotopic (exact) mass is 590 g/mol. The molecule has 10 heteroatoms. The van der Waals surface area contributed by atoms with E-state index in [1.807, 2.05) is 0 Å². The second kappa shape index (κ2) is 11.5. The largest absolute Gasteiger partial charge is 1.00 e. The molecule has 0 spiro atoms. The second-order valence-corrected chi connectivity index (χ2v) is 15.2. The number of allylic oxidation sites excluding steroid dienone is 2. The van der Waals surface area contributed by atoms with E-state index in [1.54, 1.807) is 0 Å². The van der Waals surface area contributed by atoms with Crippen molar-refractivity contribution in [2.75, 3.05) is 0 Å². The molecule has 1 heterocycles. The molecule has 0 aromatic heterocycles. The van der Waals surface area contributed by atoms with Crippen molar-refractivity contribution in [1.82, 2.24) is 0 Å². The predicted octanol–water partition coefficient (Wildman–Crippen LogP) is 1.62. The quantitative estimate of drug-likeness (QED) is 0.118. The van der Waals surface area contributed by atoms with Gasteiger partial charge in [-0.1, -0.05) is 53.2 Å². The zero-order valence-electron chi connectivity index (χ0n) is 25.5. The van der Waals surface area contributed by atoms with Gasteiger partial charge in [0.25, 0.3) is 0 Å². The average molecular weight is 591 g/mol. The number of hydrogen-bond acceptors (Lipinski definition) is 8. The summed E-state index contributed by atoms with van der Waals surface area (Å²) in [7, 11) is -5.07. The van der Waals surface area contributed by atoms with Crippen LogP contribution in [0.2, 0.25) is 0 Å². The Morgan fingerprint density at radius 3 is 2.33 bits per heavy atom. The number of rotatable bonds is 7. The Bertz CT molecular complexity index is 1110. The molecule has 40 heavy (non-hydrogen) atoms. The average Bonchev–Trinajstić information content (AvgIpc) is 3.53. The first kappa shape index (κ1) is 32.9. The SMILES string of the molecule is CC(=O)O[C@H]1[C@H](O)C[C@@]2(C)C(CC=C3[C@@H]4CC[C@H]([C@H](C)[C@@H]5O[C@H]5[C@@H](C)C(C)C)[C@@]4(C)CC[C@@H]32)[C@@H]1OS(=O)(=O)[O-].[Na+]. The Hall–Kier alpha value is -0.000000000000000222. The molecule has 0 radical (unpaired) electrons. The Balaban J connectivity index is 0.00000370. The number of fused-ring (bicyclic) bond motifs is 5. The number of esters is 1. The van der Waals surface area contributed by atoms with Crippen LogP contribution >= 0.6 is 0 Å². The second-order valence-electron chi connectivity index (χ2n) is 14.2. The van der Waals surface area contributed by atoms with Crippen LogP contribution in [0.25, 0.3) is 0 Å². The molecule has 3 saturated carbocycles. The summed E-state index contributed by atoms with van der Waals surface area (Å²) in [6, 6.07) is 0. The summed E-state index contributed by atoms with van der Waals surface area (Å²) in [5.74, 6) is 1.82. The summed E-state index contributed by atoms with van der Waals surface area (Å²) in [6.07, 6.45) is 4.63. The summed E-state index contributed by atoms with van der Waals surface area (Å²) in [4.78, 5) is 11.8. The third-order valence-corrected chi connectivity index (χ3v) is 12.5. The molecule has 5 aliphatic rings. The van der Waals surface area contributed by atoms with E-state index < -0.39 is 40.1 Å². The van der Waals surface area contributed by atoms with E-state index >= 15 is 0 Å². The molecule has 4 fully saturated rings. The van der Waals surface area contributed by atoms with Gasteiger partial charge in [-0.05, 0) is 90.8 Å². The van der Waals surface area contributed by atoms with Gasteiger partial charge in [0, 0.05) is 6.92 Å². The molecule has 0 aromatic carbocycles. The fraction of sp³-hybridized carbons (Fsp3) is 0.900. The van der Waals surface area contributed by atoms with Gasteiger partial charge in [0.2, 0.25) is 10.4 Å². The van der Waals surface area contributed by atoms with Crippen LogP contribution in [-0.4, -0.2) is 54.6 Å². The summed E-state index contributed by atoms with van der Waals surface area (Å²) in [5, 5.41) is 11.1. The molecular formula is C30H47NaO8S. The van der Waals surface area contributed by atoms with Crippen LogP contribution in [0.3, 0.4) is 0 Å². The molecular weight excluding hydrogens is 543 g/mol. The van der Waals surface area contributed by atoms with E-state index in [0.29, 0.717) is 54.6 Å². The van der Waals surface area contributed by atoms with Gasteiger partial charge in [-0.25, -0.2) is 8.42 Å². The Morgan fingerprint density at radius 1 is 1.07 bits per heavy atom. The van der Waals surface area contributed by atoms with Crippen LogP contribution in [0.5, 0.6) is 0 Å². The van der Waals surface area contributed by atoms with Crippen molar-refractivity contribution in [2.45, 2.75) is 118 Å². The van der Waals surface area contributed by atoms with Crippen LogP contribution in [0.1, 0.15) is 87.0 Å². The molecule has 1 saturated heterocycles. The van der Waals surface area contributed by atoms with Crippen molar-refractivity contribution in [3.63, 3.8) is 0 Å². The Morgan fingerprint density at radius 2 is 1.73 bits per heavy atom. The van der Waals surface area contributed by atoms with Gasteiger partial charge in [0.1, 0.15) is 6.10 Å². The van der Waals surface area contributed by atoms with E-state index in [9.17, 15) is 22.9 Å². The number of aliphatic hydroxyl groups excluding tert-OH is 1. The molecule has 1 unspecified atom stereocenters. The molecule has 222 valence electrons. The van der Waals surface area contributed by atoms with Crippen LogP contribution < -0.4 is 29.6 Å². The smallest absolute Gasteiger partial charge is 0.726 e. The number of hydrogen-bond donors (Lipinski definition) is 1. The van der Waals surface area contributed by atoms with E-state index in [0.717, 1.165) is 19.3 Å². The maximum absolute atomic E-state index is 11.8. The van der Waals surface area contributed by atoms with Crippen LogP contribution in [-0.2, 0) is 28.9 Å². The molecule has 4 aliphatic carbocycles. The Labute approximate surface area is 262 Å². The van der Waals surface area contributed by atoms with E-state index in [2.05, 4.69) is 47.6 Å². The summed E-state index contributed by atoms with van der Waals surface area (Å²) >= 11 is 0. The number of aliphatic hydroxyl groups is 1. The first-order chi connectivity index (χ1) is 18.1. The van der Waals surface area contributed by atoms with Gasteiger partial charge < -0.3 is 19.1 Å². The van der Waals surface area contributed by atoms with Gasteiger partial charge in [0.15, 0.2) is 6.10 Å². The standard InChI is InChI=1S/C30H48O8S.Na/c1-15(2)16(3)25-26(37-25)17(4)20-10-11-21-19-8-9-23-27(38-39(33,34)35)28(36-18(5)31)24(32)14-30(23,7)22(19)12-13-29(20,21)6;/h8,15-17,20-28,32H,9-14H2,1-7H3,(H,33,34,35);/q;+1/p-1/t16-,17-,20+,21-,22-,23?,24+,25-,26-,27-,28-,29+,30+;/m0./s1. The van der Waals surface area contributed by atoms with Gasteiger partial charge in [0.05, 0.1) is 18.3 Å². The molecule has 0 bridgehead atoms. The number of ether oxygens (including phenoxy) is 2. The van der Waals surface area contributed by atoms with Crippen molar-refractivity contribution >= 4 is 16.4 Å². The van der Waals surface area contributed by atoms with Crippen molar-refractivity contribution in [1.29, 1.82) is 0 Å². The van der Waals surface area contributed by atoms with Crippen molar-refractivity contribution < 1.29 is 66.1 Å². The molecule has 8 nitrogen and oxygen atoms in total. The summed E-state index contributed by atoms with van der Waals surface area (Å²) in [5.41, 5.74) is 1.13. The van der Waals surface area contributed by atoms with Crippen molar-refractivity contribution in [3.05, 3.63) is 11.6 Å². The van der Waals surface area contributed by atoms with Gasteiger partial charge in [-0.15, -0.1) is 0 Å². The fourth-order valence-corrected chi connectivity index (χ4v) is 10.2. The number of carbonyl (C=O) groups is 1. The summed E-state index contributed by atoms with van der Waals surface area (Å²) < 4.78 is 51.8. The van der Waals surface area contributed by atoms with Gasteiger partial charge in [-0.2, -0.15) is 0 Å². The zero-order chi connectivity index (χ0) is 28.7. The number of epoxide rings is 1.